The first kappa shape index (κ1) is 7.38. The average molecular weight is 147 g/mol. The molecule has 0 radical (unpaired) electrons. The van der Waals surface area contributed by atoms with Gasteiger partial charge in [0.1, 0.15) is 0 Å². The number of nitrogens with two attached hydrogens (primary N) is 1. The fraction of sp³-hybridized carbons (Fsp3) is 1.00. The van der Waals surface area contributed by atoms with E-state index in [2.05, 4.69) is 0 Å². The van der Waals surface area contributed by atoms with E-state index >= 15 is 0 Å². The van der Waals surface area contributed by atoms with Crippen LogP contribution in [0, 0.1) is 5.92 Å². The maximum Gasteiger partial charge on any atom is 0.0582 e. The zero-order chi connectivity index (χ0) is 6.69. The van der Waals surface area contributed by atoms with Gasteiger partial charge in [-0.25, -0.2) is 0 Å². The molecule has 1 aliphatic rings. The molecule has 0 amide bonds. The van der Waals surface area contributed by atoms with E-state index < -0.39 is 0 Å². The lowest BCUT2D eigenvalue weighted by molar-refractivity contribution is 0.249. The fourth-order valence-corrected chi connectivity index (χ4v) is 1.76. The predicted octanol–water partition coefficient (Wildman–Crippen LogP) is 0.0591. The molecule has 3 heteroatoms. The lowest BCUT2D eigenvalue weighted by Crippen LogP contribution is -2.32. The lowest BCUT2D eigenvalue weighted by atomic mass is 10.0. The zero-order valence-electron chi connectivity index (χ0n) is 5.42. The van der Waals surface area contributed by atoms with E-state index in [1.165, 1.54) is 11.5 Å². The van der Waals surface area contributed by atoms with Crippen LogP contribution in [-0.4, -0.2) is 29.3 Å². The first-order valence-corrected chi connectivity index (χ1v) is 4.42. The van der Waals surface area contributed by atoms with Crippen molar-refractivity contribution < 1.29 is 5.11 Å². The van der Waals surface area contributed by atoms with Crippen LogP contribution < -0.4 is 5.73 Å². The summed E-state index contributed by atoms with van der Waals surface area (Å²) in [7, 11) is 0. The number of hydrogen-bond acceptors (Lipinski definition) is 3. The Bertz CT molecular complexity index is 82.4. The molecule has 1 unspecified atom stereocenters. The van der Waals surface area contributed by atoms with Crippen LogP contribution in [-0.2, 0) is 0 Å². The average Bonchev–Trinajstić information content (AvgIpc) is 1.78. The highest BCUT2D eigenvalue weighted by atomic mass is 32.2. The Kier molecular flexibility index (Phi) is 2.82. The van der Waals surface area contributed by atoms with Crippen molar-refractivity contribution in [2.75, 3.05) is 18.1 Å². The highest BCUT2D eigenvalue weighted by Crippen LogP contribution is 2.27. The Morgan fingerprint density at radius 1 is 1.67 bits per heavy atom. The molecule has 0 saturated carbocycles. The number of thioether (sulfide) groups is 1. The van der Waals surface area contributed by atoms with Crippen LogP contribution in [0.3, 0.4) is 0 Å². The highest BCUT2D eigenvalue weighted by molar-refractivity contribution is 8.00. The number of aliphatic hydroxyl groups excluding tert-OH is 1. The van der Waals surface area contributed by atoms with Gasteiger partial charge >= 0.3 is 0 Å². The molecule has 2 nitrogen and oxygen atoms in total. The quantitative estimate of drug-likeness (QED) is 0.593. The van der Waals surface area contributed by atoms with Crippen molar-refractivity contribution in [3.8, 4) is 0 Å². The molecule has 1 fully saturated rings. The molecule has 0 spiro atoms. The summed E-state index contributed by atoms with van der Waals surface area (Å²) in [6, 6.07) is 0.0240. The van der Waals surface area contributed by atoms with E-state index in [-0.39, 0.29) is 12.6 Å². The van der Waals surface area contributed by atoms with E-state index in [1.54, 1.807) is 0 Å². The third-order valence-electron chi connectivity index (χ3n) is 1.58. The molecule has 54 valence electrons. The second kappa shape index (κ2) is 3.44. The predicted molar refractivity (Wildman–Crippen MR) is 40.5 cm³/mol. The van der Waals surface area contributed by atoms with Crippen LogP contribution in [0.1, 0.15) is 6.42 Å². The molecule has 0 aromatic rings. The molecule has 1 atom stereocenters. The molecule has 1 rings (SSSR count). The van der Waals surface area contributed by atoms with E-state index in [9.17, 15) is 0 Å². The second-order valence-corrected chi connectivity index (χ2v) is 3.66. The molecule has 0 bridgehead atoms. The number of aliphatic hydroxyl groups is 1. The summed E-state index contributed by atoms with van der Waals surface area (Å²) in [5.74, 6) is 3.28. The van der Waals surface area contributed by atoms with E-state index in [4.69, 9.17) is 10.8 Å². The Morgan fingerprint density at radius 2 is 2.33 bits per heavy atom. The summed E-state index contributed by atoms with van der Waals surface area (Å²) in [6.07, 6.45) is 1.00. The highest BCUT2D eigenvalue weighted by Gasteiger charge is 2.19. The summed E-state index contributed by atoms with van der Waals surface area (Å²) in [5, 5.41) is 8.57. The van der Waals surface area contributed by atoms with Crippen molar-refractivity contribution >= 4 is 11.8 Å². The third kappa shape index (κ3) is 2.16. The van der Waals surface area contributed by atoms with Crippen LogP contribution >= 0.6 is 11.8 Å². The summed E-state index contributed by atoms with van der Waals surface area (Å²) in [5.41, 5.74) is 5.52. The molecule has 0 aromatic heterocycles. The fourth-order valence-electron chi connectivity index (χ4n) is 0.923. The largest absolute Gasteiger partial charge is 0.395 e. The van der Waals surface area contributed by atoms with Crippen molar-refractivity contribution in [3.63, 3.8) is 0 Å². The van der Waals surface area contributed by atoms with Gasteiger partial charge in [0.25, 0.3) is 0 Å². The van der Waals surface area contributed by atoms with E-state index in [0.717, 1.165) is 12.3 Å². The standard InChI is InChI=1S/C6H13NOS/c7-6(2-8)1-5-3-9-4-5/h5-6,8H,1-4,7H2. The van der Waals surface area contributed by atoms with Crippen molar-refractivity contribution in [1.82, 2.24) is 0 Å². The molecule has 9 heavy (non-hydrogen) atoms. The first-order valence-electron chi connectivity index (χ1n) is 3.27. The molecule has 3 N–H and O–H groups in total. The number of rotatable bonds is 3. The monoisotopic (exact) mass is 147 g/mol. The summed E-state index contributed by atoms with van der Waals surface area (Å²) in [4.78, 5) is 0. The van der Waals surface area contributed by atoms with Gasteiger partial charge in [-0.1, -0.05) is 0 Å². The third-order valence-corrected chi connectivity index (χ3v) is 2.99. The Labute approximate surface area is 59.8 Å². The van der Waals surface area contributed by atoms with Gasteiger partial charge in [0.15, 0.2) is 0 Å². The van der Waals surface area contributed by atoms with Crippen LogP contribution in [0.5, 0.6) is 0 Å². The first-order chi connectivity index (χ1) is 4.33. The molecular weight excluding hydrogens is 134 g/mol. The minimum absolute atomic E-state index is 0.0240. The van der Waals surface area contributed by atoms with Gasteiger partial charge in [-0.05, 0) is 23.8 Å². The van der Waals surface area contributed by atoms with Gasteiger partial charge in [0, 0.05) is 6.04 Å². The van der Waals surface area contributed by atoms with Crippen LogP contribution in [0.25, 0.3) is 0 Å². The molecular formula is C6H13NOS. The summed E-state index contributed by atoms with van der Waals surface area (Å²) < 4.78 is 0. The second-order valence-electron chi connectivity index (χ2n) is 2.58. The maximum absolute atomic E-state index is 8.57. The molecule has 1 aliphatic heterocycles. The Hall–Kier alpha value is 0.270. The minimum Gasteiger partial charge on any atom is -0.395 e. The smallest absolute Gasteiger partial charge is 0.0582 e. The molecule has 0 aliphatic carbocycles. The maximum atomic E-state index is 8.57. The van der Waals surface area contributed by atoms with Crippen LogP contribution in [0.2, 0.25) is 0 Å². The van der Waals surface area contributed by atoms with Crippen LogP contribution in [0.4, 0.5) is 0 Å². The van der Waals surface area contributed by atoms with Gasteiger partial charge in [-0.2, -0.15) is 11.8 Å². The zero-order valence-corrected chi connectivity index (χ0v) is 6.23. The van der Waals surface area contributed by atoms with Gasteiger partial charge < -0.3 is 10.8 Å². The Morgan fingerprint density at radius 3 is 2.67 bits per heavy atom. The van der Waals surface area contributed by atoms with Crippen molar-refractivity contribution in [2.24, 2.45) is 11.7 Å². The summed E-state index contributed by atoms with van der Waals surface area (Å²) in [6.45, 7) is 0.140. The van der Waals surface area contributed by atoms with Crippen molar-refractivity contribution in [3.05, 3.63) is 0 Å². The van der Waals surface area contributed by atoms with Crippen LogP contribution in [0.15, 0.2) is 0 Å². The van der Waals surface area contributed by atoms with Gasteiger partial charge in [-0.3, -0.25) is 0 Å². The SMILES string of the molecule is NC(CO)CC1CSC1. The Balaban J connectivity index is 2.01. The molecule has 1 heterocycles. The molecule has 1 saturated heterocycles. The topological polar surface area (TPSA) is 46.2 Å². The van der Waals surface area contributed by atoms with E-state index in [0.29, 0.717) is 0 Å². The van der Waals surface area contributed by atoms with Gasteiger partial charge in [-0.15, -0.1) is 0 Å². The lowest BCUT2D eigenvalue weighted by Gasteiger charge is -2.26. The normalized spacial score (nSPS) is 23.3. The van der Waals surface area contributed by atoms with Crippen molar-refractivity contribution in [1.29, 1.82) is 0 Å². The minimum atomic E-state index is 0.0240. The molecule has 0 aromatic carbocycles. The van der Waals surface area contributed by atoms with Crippen molar-refractivity contribution in [2.45, 2.75) is 12.5 Å². The van der Waals surface area contributed by atoms with Gasteiger partial charge in [0.2, 0.25) is 0 Å². The van der Waals surface area contributed by atoms with Gasteiger partial charge in [0.05, 0.1) is 6.61 Å². The summed E-state index contributed by atoms with van der Waals surface area (Å²) >= 11 is 1.96. The number of hydrogen-bond donors (Lipinski definition) is 2. The van der Waals surface area contributed by atoms with E-state index in [1.807, 2.05) is 11.8 Å².